The maximum Gasteiger partial charge on any atom is 0.328 e. The van der Waals surface area contributed by atoms with Gasteiger partial charge in [-0.3, -0.25) is 29.9 Å². The lowest BCUT2D eigenvalue weighted by Crippen LogP contribution is -2.74. The number of hydrogen-bond donors (Lipinski definition) is 3. The number of carbonyl (C=O) groups is 4. The summed E-state index contributed by atoms with van der Waals surface area (Å²) in [7, 11) is 0. The summed E-state index contributed by atoms with van der Waals surface area (Å²) in [6.07, 6.45) is 0.111. The van der Waals surface area contributed by atoms with Crippen molar-refractivity contribution >= 4 is 35.1 Å². The molecular formula is C25H25N5O6. The van der Waals surface area contributed by atoms with Gasteiger partial charge < -0.3 is 19.7 Å². The minimum Gasteiger partial charge on any atom is -0.454 e. The van der Waals surface area contributed by atoms with Crippen molar-refractivity contribution in [1.29, 1.82) is 0 Å². The third-order valence-electron chi connectivity index (χ3n) is 7.32. The van der Waals surface area contributed by atoms with E-state index < -0.39 is 29.3 Å². The minimum absolute atomic E-state index is 0.111. The number of carbonyl (C=O) groups excluding carboxylic acids is 4. The van der Waals surface area contributed by atoms with Gasteiger partial charge in [-0.1, -0.05) is 6.07 Å². The normalized spacial score (nSPS) is 22.0. The molecule has 0 aromatic heterocycles. The Morgan fingerprint density at radius 2 is 1.83 bits per heavy atom. The van der Waals surface area contributed by atoms with Crippen LogP contribution in [-0.2, 0) is 27.3 Å². The number of anilines is 2. The third-order valence-corrected chi connectivity index (χ3v) is 7.32. The van der Waals surface area contributed by atoms with Crippen LogP contribution in [0.3, 0.4) is 0 Å². The van der Waals surface area contributed by atoms with Crippen molar-refractivity contribution in [1.82, 2.24) is 15.5 Å². The molecule has 4 aliphatic rings. The van der Waals surface area contributed by atoms with E-state index in [9.17, 15) is 19.2 Å². The van der Waals surface area contributed by atoms with Crippen LogP contribution in [0.5, 0.6) is 11.5 Å². The van der Waals surface area contributed by atoms with Gasteiger partial charge in [0.1, 0.15) is 0 Å². The number of urea groups is 1. The molecule has 11 heteroatoms. The number of nitrogens with zero attached hydrogens (tertiary/aromatic N) is 2. The van der Waals surface area contributed by atoms with Crippen LogP contribution in [0.15, 0.2) is 36.4 Å². The number of benzene rings is 2. The molecule has 6 rings (SSSR count). The average Bonchev–Trinajstić information content (AvgIpc) is 3.30. The highest BCUT2D eigenvalue weighted by molar-refractivity contribution is 6.20. The smallest absolute Gasteiger partial charge is 0.328 e. The first-order valence-electron chi connectivity index (χ1n) is 11.8. The quantitative estimate of drug-likeness (QED) is 0.542. The highest BCUT2D eigenvalue weighted by Gasteiger charge is 2.60. The van der Waals surface area contributed by atoms with E-state index in [-0.39, 0.29) is 19.1 Å². The SMILES string of the molecule is CC(=O)Nc1ccc2c(c1)CC1(C(=O)NC(=O)NC1=O)[C@@H]1CN(Cc3ccc4c(c3)OCO4)CCN21. The molecule has 4 heterocycles. The third kappa shape index (κ3) is 3.54. The average molecular weight is 492 g/mol. The van der Waals surface area contributed by atoms with Gasteiger partial charge in [-0.05, 0) is 47.9 Å². The lowest BCUT2D eigenvalue weighted by molar-refractivity contribution is -0.147. The first-order chi connectivity index (χ1) is 17.3. The Hall–Kier alpha value is -4.12. The van der Waals surface area contributed by atoms with E-state index >= 15 is 0 Å². The van der Waals surface area contributed by atoms with Gasteiger partial charge in [0.25, 0.3) is 0 Å². The second-order valence-corrected chi connectivity index (χ2v) is 9.54. The van der Waals surface area contributed by atoms with Crippen LogP contribution in [0.1, 0.15) is 18.1 Å². The van der Waals surface area contributed by atoms with Crippen molar-refractivity contribution in [2.24, 2.45) is 5.41 Å². The Balaban J connectivity index is 1.35. The monoisotopic (exact) mass is 491 g/mol. The van der Waals surface area contributed by atoms with Gasteiger partial charge >= 0.3 is 6.03 Å². The molecule has 0 unspecified atom stereocenters. The second kappa shape index (κ2) is 8.23. The highest BCUT2D eigenvalue weighted by Crippen LogP contribution is 2.45. The van der Waals surface area contributed by atoms with E-state index in [0.29, 0.717) is 43.4 Å². The first-order valence-corrected chi connectivity index (χ1v) is 11.8. The number of rotatable bonds is 3. The highest BCUT2D eigenvalue weighted by atomic mass is 16.7. The standard InChI is InChI=1S/C25H25N5O6/c1-14(31)26-17-3-4-18-16(9-17)10-25(22(32)27-24(34)28-23(25)33)21-12-29(6-7-30(18)21)11-15-2-5-19-20(8-15)36-13-35-19/h2-5,8-9,21H,6-7,10-13H2,1H3,(H,26,31)(H2,27,28,32,33,34)/t21-/m0/s1. The maximum atomic E-state index is 13.4. The summed E-state index contributed by atoms with van der Waals surface area (Å²) in [5.74, 6) is -0.00766. The molecule has 4 aliphatic heterocycles. The molecule has 1 atom stereocenters. The van der Waals surface area contributed by atoms with Gasteiger partial charge in [0.2, 0.25) is 24.5 Å². The molecule has 2 fully saturated rings. The number of barbiturate groups is 1. The molecule has 36 heavy (non-hydrogen) atoms. The molecule has 3 N–H and O–H groups in total. The summed E-state index contributed by atoms with van der Waals surface area (Å²) in [5.41, 5.74) is 1.81. The summed E-state index contributed by atoms with van der Waals surface area (Å²) in [6.45, 7) is 3.95. The van der Waals surface area contributed by atoms with Crippen molar-refractivity contribution in [3.8, 4) is 11.5 Å². The summed E-state index contributed by atoms with van der Waals surface area (Å²) in [6, 6.07) is 10.0. The fourth-order valence-corrected chi connectivity index (χ4v) is 5.72. The Bertz CT molecular complexity index is 1290. The molecule has 5 amide bonds. The molecule has 2 aromatic carbocycles. The predicted octanol–water partition coefficient (Wildman–Crippen LogP) is 0.973. The number of ether oxygens (including phenoxy) is 2. The molecule has 2 saturated heterocycles. The molecule has 0 radical (unpaired) electrons. The molecule has 1 spiro atoms. The lowest BCUT2D eigenvalue weighted by atomic mass is 9.68. The van der Waals surface area contributed by atoms with E-state index in [4.69, 9.17) is 9.47 Å². The van der Waals surface area contributed by atoms with Crippen LogP contribution in [0, 0.1) is 5.41 Å². The second-order valence-electron chi connectivity index (χ2n) is 9.54. The van der Waals surface area contributed by atoms with E-state index in [0.717, 1.165) is 16.8 Å². The van der Waals surface area contributed by atoms with Gasteiger partial charge in [-0.2, -0.15) is 0 Å². The van der Waals surface area contributed by atoms with E-state index in [2.05, 4.69) is 25.8 Å². The van der Waals surface area contributed by atoms with Crippen LogP contribution in [0.2, 0.25) is 0 Å². The van der Waals surface area contributed by atoms with Crippen LogP contribution >= 0.6 is 0 Å². The number of imide groups is 2. The summed E-state index contributed by atoms with van der Waals surface area (Å²) in [5, 5.41) is 7.40. The molecular weight excluding hydrogens is 466 g/mol. The molecule has 0 saturated carbocycles. The Morgan fingerprint density at radius 3 is 2.61 bits per heavy atom. The maximum absolute atomic E-state index is 13.4. The summed E-state index contributed by atoms with van der Waals surface area (Å²) >= 11 is 0. The minimum atomic E-state index is -1.50. The lowest BCUT2D eigenvalue weighted by Gasteiger charge is -2.54. The van der Waals surface area contributed by atoms with Gasteiger partial charge in [0, 0.05) is 44.5 Å². The zero-order chi connectivity index (χ0) is 25.0. The molecule has 186 valence electrons. The largest absolute Gasteiger partial charge is 0.454 e. The predicted molar refractivity (Wildman–Crippen MR) is 128 cm³/mol. The zero-order valence-electron chi connectivity index (χ0n) is 19.6. The number of amides is 5. The van der Waals surface area contributed by atoms with Crippen LogP contribution < -0.4 is 30.3 Å². The molecule has 0 aliphatic carbocycles. The fraction of sp³-hybridized carbons (Fsp3) is 0.360. The van der Waals surface area contributed by atoms with Crippen molar-refractivity contribution in [2.45, 2.75) is 25.9 Å². The Labute approximate surface area is 206 Å². The number of fused-ring (bicyclic) bond motifs is 5. The summed E-state index contributed by atoms with van der Waals surface area (Å²) in [4.78, 5) is 54.6. The Morgan fingerprint density at radius 1 is 1.06 bits per heavy atom. The van der Waals surface area contributed by atoms with Crippen LogP contribution in [-0.4, -0.2) is 61.1 Å². The first kappa shape index (κ1) is 22.4. The molecule has 11 nitrogen and oxygen atoms in total. The van der Waals surface area contributed by atoms with Crippen LogP contribution in [0.25, 0.3) is 0 Å². The van der Waals surface area contributed by atoms with Gasteiger partial charge in [0.15, 0.2) is 16.9 Å². The van der Waals surface area contributed by atoms with E-state index in [1.165, 1.54) is 6.92 Å². The Kier molecular flexibility index (Phi) is 5.11. The van der Waals surface area contributed by atoms with Gasteiger partial charge in [-0.25, -0.2) is 4.79 Å². The van der Waals surface area contributed by atoms with Gasteiger partial charge in [-0.15, -0.1) is 0 Å². The fourth-order valence-electron chi connectivity index (χ4n) is 5.72. The van der Waals surface area contributed by atoms with Crippen LogP contribution in [0.4, 0.5) is 16.2 Å². The van der Waals surface area contributed by atoms with Crippen molar-refractivity contribution in [3.63, 3.8) is 0 Å². The molecule has 2 aromatic rings. The van der Waals surface area contributed by atoms with E-state index in [1.807, 2.05) is 30.3 Å². The van der Waals surface area contributed by atoms with Crippen molar-refractivity contribution in [2.75, 3.05) is 36.6 Å². The van der Waals surface area contributed by atoms with E-state index in [1.54, 1.807) is 6.07 Å². The van der Waals surface area contributed by atoms with Gasteiger partial charge in [0.05, 0.1) is 6.04 Å². The zero-order valence-corrected chi connectivity index (χ0v) is 19.6. The van der Waals surface area contributed by atoms with Crippen molar-refractivity contribution in [3.05, 3.63) is 47.5 Å². The molecule has 0 bridgehead atoms. The number of nitrogens with one attached hydrogen (secondary N) is 3. The summed E-state index contributed by atoms with van der Waals surface area (Å²) < 4.78 is 10.9. The number of piperazine rings is 1. The van der Waals surface area contributed by atoms with Crippen molar-refractivity contribution < 1.29 is 28.7 Å². The topological polar surface area (TPSA) is 129 Å². The number of hydrogen-bond acceptors (Lipinski definition) is 8.